The molecule has 0 aliphatic carbocycles. The fraction of sp³-hybridized carbons (Fsp3) is 0.278. The highest BCUT2D eigenvalue weighted by Crippen LogP contribution is 2.33. The largest absolute Gasteiger partial charge is 0.399 e. The second kappa shape index (κ2) is 5.60. The minimum absolute atomic E-state index is 0.0743. The Bertz CT molecular complexity index is 652. The van der Waals surface area contributed by atoms with Crippen molar-refractivity contribution in [2.75, 3.05) is 17.2 Å². The third-order valence-corrected chi connectivity index (χ3v) is 4.17. The van der Waals surface area contributed by atoms with E-state index in [1.165, 1.54) is 5.56 Å². The number of carbonyl (C=O) groups excluding carboxylic acids is 1. The highest BCUT2D eigenvalue weighted by Gasteiger charge is 2.30. The van der Waals surface area contributed by atoms with Crippen LogP contribution in [0.2, 0.25) is 0 Å². The maximum absolute atomic E-state index is 12.9. The van der Waals surface area contributed by atoms with Crippen molar-refractivity contribution in [1.82, 2.24) is 0 Å². The molecule has 2 N–H and O–H groups in total. The van der Waals surface area contributed by atoms with Crippen LogP contribution < -0.4 is 10.6 Å². The van der Waals surface area contributed by atoms with Crippen LogP contribution in [0.15, 0.2) is 48.5 Å². The number of hydrogen-bond donors (Lipinski definition) is 1. The molecule has 1 unspecified atom stereocenters. The van der Waals surface area contributed by atoms with Crippen molar-refractivity contribution < 1.29 is 4.79 Å². The summed E-state index contributed by atoms with van der Waals surface area (Å²) >= 11 is 0. The molecule has 21 heavy (non-hydrogen) atoms. The van der Waals surface area contributed by atoms with Crippen molar-refractivity contribution in [2.45, 2.75) is 25.7 Å². The van der Waals surface area contributed by atoms with E-state index in [4.69, 9.17) is 5.73 Å². The molecular weight excluding hydrogens is 260 g/mol. The normalized spacial score (nSPS) is 14.8. The summed E-state index contributed by atoms with van der Waals surface area (Å²) in [5, 5.41) is 0. The predicted octanol–water partition coefficient (Wildman–Crippen LogP) is 3.35. The average Bonchev–Trinajstić information content (AvgIpc) is 2.92. The first-order chi connectivity index (χ1) is 10.2. The summed E-state index contributed by atoms with van der Waals surface area (Å²) in [6.45, 7) is 2.82. The third kappa shape index (κ3) is 2.51. The first-order valence-electron chi connectivity index (χ1n) is 7.45. The molecule has 0 bridgehead atoms. The lowest BCUT2D eigenvalue weighted by Gasteiger charge is -2.23. The lowest BCUT2D eigenvalue weighted by Crippen LogP contribution is -2.33. The van der Waals surface area contributed by atoms with Crippen molar-refractivity contribution >= 4 is 17.3 Å². The molecule has 1 aliphatic rings. The topological polar surface area (TPSA) is 46.3 Å². The van der Waals surface area contributed by atoms with Gasteiger partial charge in [-0.05, 0) is 42.2 Å². The van der Waals surface area contributed by atoms with Crippen LogP contribution in [0.25, 0.3) is 0 Å². The van der Waals surface area contributed by atoms with Gasteiger partial charge in [-0.2, -0.15) is 0 Å². The third-order valence-electron chi connectivity index (χ3n) is 4.17. The zero-order valence-electron chi connectivity index (χ0n) is 12.3. The predicted molar refractivity (Wildman–Crippen MR) is 86.4 cm³/mol. The first-order valence-corrected chi connectivity index (χ1v) is 7.45. The Morgan fingerprint density at radius 3 is 2.71 bits per heavy atom. The van der Waals surface area contributed by atoms with Gasteiger partial charge in [-0.25, -0.2) is 0 Å². The molecule has 0 aromatic heterocycles. The van der Waals surface area contributed by atoms with Gasteiger partial charge in [0.2, 0.25) is 5.91 Å². The van der Waals surface area contributed by atoms with E-state index >= 15 is 0 Å². The number of hydrogen-bond acceptors (Lipinski definition) is 2. The lowest BCUT2D eigenvalue weighted by atomic mass is 9.95. The molecule has 2 aromatic carbocycles. The number of anilines is 2. The number of nitrogen functional groups attached to an aromatic ring is 1. The number of fused-ring (bicyclic) bond motifs is 1. The second-order valence-electron chi connectivity index (χ2n) is 5.50. The van der Waals surface area contributed by atoms with Crippen molar-refractivity contribution in [2.24, 2.45) is 0 Å². The highest BCUT2D eigenvalue weighted by atomic mass is 16.2. The van der Waals surface area contributed by atoms with E-state index in [0.717, 1.165) is 36.3 Å². The van der Waals surface area contributed by atoms with Crippen molar-refractivity contribution in [3.05, 3.63) is 59.7 Å². The molecule has 1 heterocycles. The van der Waals surface area contributed by atoms with E-state index in [1.807, 2.05) is 53.4 Å². The minimum atomic E-state index is -0.0743. The van der Waals surface area contributed by atoms with Gasteiger partial charge in [0.1, 0.15) is 0 Å². The molecule has 2 aromatic rings. The maximum atomic E-state index is 12.9. The van der Waals surface area contributed by atoms with Crippen LogP contribution in [0, 0.1) is 0 Å². The summed E-state index contributed by atoms with van der Waals surface area (Å²) in [4.78, 5) is 14.8. The van der Waals surface area contributed by atoms with E-state index in [-0.39, 0.29) is 11.8 Å². The van der Waals surface area contributed by atoms with Gasteiger partial charge in [0.05, 0.1) is 5.92 Å². The van der Waals surface area contributed by atoms with Crippen LogP contribution in [-0.2, 0) is 11.2 Å². The molecule has 108 valence electrons. The summed E-state index contributed by atoms with van der Waals surface area (Å²) in [6.07, 6.45) is 1.70. The molecule has 1 amide bonds. The van der Waals surface area contributed by atoms with E-state index in [9.17, 15) is 4.79 Å². The summed E-state index contributed by atoms with van der Waals surface area (Å²) in [6, 6.07) is 15.8. The van der Waals surface area contributed by atoms with Crippen LogP contribution in [0.3, 0.4) is 0 Å². The van der Waals surface area contributed by atoms with Gasteiger partial charge < -0.3 is 10.6 Å². The monoisotopic (exact) mass is 280 g/mol. The zero-order valence-corrected chi connectivity index (χ0v) is 12.3. The van der Waals surface area contributed by atoms with E-state index < -0.39 is 0 Å². The molecule has 0 fully saturated rings. The van der Waals surface area contributed by atoms with Crippen molar-refractivity contribution in [3.63, 3.8) is 0 Å². The molecular formula is C18H20N2O. The number of nitrogens with zero attached hydrogens (tertiary/aromatic N) is 1. The number of rotatable bonds is 3. The fourth-order valence-electron chi connectivity index (χ4n) is 3.08. The Morgan fingerprint density at radius 2 is 2.00 bits per heavy atom. The number of benzene rings is 2. The SMILES string of the molecule is CCC(C(=O)N1CCc2cc(N)ccc21)c1ccccc1. The quantitative estimate of drug-likeness (QED) is 0.876. The molecule has 3 rings (SSSR count). The van der Waals surface area contributed by atoms with Gasteiger partial charge in [-0.15, -0.1) is 0 Å². The van der Waals surface area contributed by atoms with E-state index in [1.54, 1.807) is 0 Å². The fourth-order valence-corrected chi connectivity index (χ4v) is 3.08. The molecule has 1 aliphatic heterocycles. The van der Waals surface area contributed by atoms with Crippen molar-refractivity contribution in [3.8, 4) is 0 Å². The van der Waals surface area contributed by atoms with Crippen molar-refractivity contribution in [1.29, 1.82) is 0 Å². The summed E-state index contributed by atoms with van der Waals surface area (Å²) in [7, 11) is 0. The number of nitrogens with two attached hydrogens (primary N) is 1. The first kappa shape index (κ1) is 13.7. The molecule has 3 heteroatoms. The van der Waals surface area contributed by atoms with Gasteiger partial charge in [-0.1, -0.05) is 37.3 Å². The smallest absolute Gasteiger partial charge is 0.234 e. The van der Waals surface area contributed by atoms with Crippen LogP contribution in [-0.4, -0.2) is 12.5 Å². The molecule has 0 spiro atoms. The Labute approximate surface area is 125 Å². The van der Waals surface area contributed by atoms with Crippen LogP contribution in [0.4, 0.5) is 11.4 Å². The van der Waals surface area contributed by atoms with Gasteiger partial charge in [0.15, 0.2) is 0 Å². The second-order valence-corrected chi connectivity index (χ2v) is 5.50. The van der Waals surface area contributed by atoms with Crippen LogP contribution in [0.5, 0.6) is 0 Å². The number of amides is 1. The average molecular weight is 280 g/mol. The van der Waals surface area contributed by atoms with Gasteiger partial charge >= 0.3 is 0 Å². The molecule has 0 saturated heterocycles. The standard InChI is InChI=1S/C18H20N2O/c1-2-16(13-6-4-3-5-7-13)18(21)20-11-10-14-12-15(19)8-9-17(14)20/h3-9,12,16H,2,10-11,19H2,1H3. The summed E-state index contributed by atoms with van der Waals surface area (Å²) < 4.78 is 0. The Balaban J connectivity index is 1.90. The van der Waals surface area contributed by atoms with E-state index in [2.05, 4.69) is 6.92 Å². The minimum Gasteiger partial charge on any atom is -0.399 e. The zero-order chi connectivity index (χ0) is 14.8. The Kier molecular flexibility index (Phi) is 3.65. The summed E-state index contributed by atoms with van der Waals surface area (Å²) in [5.41, 5.74) is 9.87. The van der Waals surface area contributed by atoms with Crippen LogP contribution >= 0.6 is 0 Å². The maximum Gasteiger partial charge on any atom is 0.234 e. The molecule has 0 radical (unpaired) electrons. The molecule has 3 nitrogen and oxygen atoms in total. The van der Waals surface area contributed by atoms with E-state index in [0.29, 0.717) is 0 Å². The molecule has 0 saturated carbocycles. The van der Waals surface area contributed by atoms with Gasteiger partial charge in [0, 0.05) is 17.9 Å². The van der Waals surface area contributed by atoms with Crippen LogP contribution in [0.1, 0.15) is 30.4 Å². The number of carbonyl (C=O) groups is 1. The molecule has 1 atom stereocenters. The summed E-state index contributed by atoms with van der Waals surface area (Å²) in [5.74, 6) is 0.113. The Morgan fingerprint density at radius 1 is 1.24 bits per heavy atom. The highest BCUT2D eigenvalue weighted by molar-refractivity contribution is 6.00. The lowest BCUT2D eigenvalue weighted by molar-refractivity contribution is -0.120. The van der Waals surface area contributed by atoms with Gasteiger partial charge in [-0.3, -0.25) is 4.79 Å². The van der Waals surface area contributed by atoms with Gasteiger partial charge in [0.25, 0.3) is 0 Å². The Hall–Kier alpha value is -2.29.